The van der Waals surface area contributed by atoms with E-state index in [1.54, 1.807) is 6.26 Å². The van der Waals surface area contributed by atoms with Crippen LogP contribution in [-0.4, -0.2) is 0 Å². The van der Waals surface area contributed by atoms with Crippen molar-refractivity contribution in [1.82, 2.24) is 0 Å². The first kappa shape index (κ1) is 11.3. The van der Waals surface area contributed by atoms with Crippen molar-refractivity contribution < 1.29 is 4.42 Å². The van der Waals surface area contributed by atoms with Crippen molar-refractivity contribution in [3.63, 3.8) is 0 Å². The number of rotatable bonds is 2. The third-order valence-electron chi connectivity index (χ3n) is 3.09. The average molecular weight is 258 g/mol. The highest BCUT2D eigenvalue weighted by molar-refractivity contribution is 6.36. The lowest BCUT2D eigenvalue weighted by atomic mass is 9.98. The van der Waals surface area contributed by atoms with Gasteiger partial charge < -0.3 is 10.2 Å². The maximum atomic E-state index is 6.22. The fourth-order valence-electron chi connectivity index (χ4n) is 2.24. The summed E-state index contributed by atoms with van der Waals surface area (Å²) >= 11 is 6.22. The summed E-state index contributed by atoms with van der Waals surface area (Å²) in [7, 11) is 0. The predicted octanol–water partition coefficient (Wildman–Crippen LogP) is 4.21. The van der Waals surface area contributed by atoms with Crippen LogP contribution in [0.15, 0.2) is 53.1 Å². The van der Waals surface area contributed by atoms with E-state index in [0.29, 0.717) is 6.54 Å². The van der Waals surface area contributed by atoms with Crippen LogP contribution in [0.4, 0.5) is 0 Å². The molecule has 2 nitrogen and oxygen atoms in total. The van der Waals surface area contributed by atoms with Gasteiger partial charge >= 0.3 is 0 Å². The van der Waals surface area contributed by atoms with Crippen LogP contribution in [0.3, 0.4) is 0 Å². The number of hydrogen-bond acceptors (Lipinski definition) is 2. The van der Waals surface area contributed by atoms with Gasteiger partial charge in [0.15, 0.2) is 0 Å². The molecule has 0 radical (unpaired) electrons. The molecule has 0 fully saturated rings. The van der Waals surface area contributed by atoms with Gasteiger partial charge in [-0.3, -0.25) is 0 Å². The molecule has 90 valence electrons. The van der Waals surface area contributed by atoms with E-state index in [-0.39, 0.29) is 0 Å². The molecule has 1 aromatic heterocycles. The van der Waals surface area contributed by atoms with Gasteiger partial charge in [0.2, 0.25) is 0 Å². The van der Waals surface area contributed by atoms with Gasteiger partial charge in [0, 0.05) is 16.0 Å². The van der Waals surface area contributed by atoms with E-state index in [2.05, 4.69) is 6.07 Å². The van der Waals surface area contributed by atoms with Gasteiger partial charge in [-0.2, -0.15) is 0 Å². The molecule has 3 heteroatoms. The van der Waals surface area contributed by atoms with Crippen molar-refractivity contribution in [2.75, 3.05) is 0 Å². The van der Waals surface area contributed by atoms with Crippen LogP contribution >= 0.6 is 11.6 Å². The molecule has 2 aromatic carbocycles. The molecular formula is C15H12ClNO. The molecule has 2 N–H and O–H groups in total. The van der Waals surface area contributed by atoms with Gasteiger partial charge in [-0.15, -0.1) is 0 Å². The Morgan fingerprint density at radius 3 is 2.50 bits per heavy atom. The van der Waals surface area contributed by atoms with E-state index >= 15 is 0 Å². The van der Waals surface area contributed by atoms with Gasteiger partial charge in [0.25, 0.3) is 0 Å². The molecule has 0 bridgehead atoms. The molecular weight excluding hydrogens is 246 g/mol. The Bertz CT molecular complexity index is 703. The standard InChI is InChI=1S/C15H12ClNO/c16-14-6-5-11(10-3-1-2-4-12(10)14)13-7-8-18-15(13)9-17/h1-8H,9,17H2. The van der Waals surface area contributed by atoms with Crippen LogP contribution in [0.5, 0.6) is 0 Å². The van der Waals surface area contributed by atoms with E-state index in [9.17, 15) is 0 Å². The van der Waals surface area contributed by atoms with E-state index < -0.39 is 0 Å². The first-order chi connectivity index (χ1) is 8.81. The fourth-order valence-corrected chi connectivity index (χ4v) is 2.46. The number of nitrogens with two attached hydrogens (primary N) is 1. The number of fused-ring (bicyclic) bond motifs is 1. The van der Waals surface area contributed by atoms with Crippen molar-refractivity contribution in [2.24, 2.45) is 5.73 Å². The van der Waals surface area contributed by atoms with Crippen LogP contribution in [0.25, 0.3) is 21.9 Å². The molecule has 3 aromatic rings. The molecule has 1 heterocycles. The second-order valence-corrected chi connectivity index (χ2v) is 4.51. The fraction of sp³-hybridized carbons (Fsp3) is 0.0667. The van der Waals surface area contributed by atoms with Crippen molar-refractivity contribution in [3.8, 4) is 11.1 Å². The Morgan fingerprint density at radius 2 is 1.72 bits per heavy atom. The zero-order valence-corrected chi connectivity index (χ0v) is 10.4. The summed E-state index contributed by atoms with van der Waals surface area (Å²) in [6.45, 7) is 0.388. The minimum atomic E-state index is 0.388. The molecule has 0 saturated carbocycles. The highest BCUT2D eigenvalue weighted by Gasteiger charge is 2.11. The lowest BCUT2D eigenvalue weighted by molar-refractivity contribution is 0.513. The smallest absolute Gasteiger partial charge is 0.125 e. The topological polar surface area (TPSA) is 39.2 Å². The Morgan fingerprint density at radius 1 is 0.944 bits per heavy atom. The van der Waals surface area contributed by atoms with Crippen molar-refractivity contribution in [3.05, 3.63) is 59.5 Å². The van der Waals surface area contributed by atoms with Crippen LogP contribution in [-0.2, 0) is 6.54 Å². The molecule has 0 aliphatic carbocycles. The second kappa shape index (κ2) is 4.48. The summed E-state index contributed by atoms with van der Waals surface area (Å²) in [6.07, 6.45) is 1.67. The zero-order chi connectivity index (χ0) is 12.5. The normalized spacial score (nSPS) is 11.0. The predicted molar refractivity (Wildman–Crippen MR) is 74.6 cm³/mol. The third kappa shape index (κ3) is 1.70. The van der Waals surface area contributed by atoms with Crippen LogP contribution < -0.4 is 5.73 Å². The van der Waals surface area contributed by atoms with Crippen LogP contribution in [0.2, 0.25) is 5.02 Å². The van der Waals surface area contributed by atoms with Gasteiger partial charge in [-0.25, -0.2) is 0 Å². The second-order valence-electron chi connectivity index (χ2n) is 4.10. The lowest BCUT2D eigenvalue weighted by Crippen LogP contribution is -1.96. The summed E-state index contributed by atoms with van der Waals surface area (Å²) in [5, 5.41) is 2.91. The van der Waals surface area contributed by atoms with Gasteiger partial charge in [0.05, 0.1) is 12.8 Å². The maximum Gasteiger partial charge on any atom is 0.125 e. The van der Waals surface area contributed by atoms with E-state index in [4.69, 9.17) is 21.8 Å². The molecule has 0 amide bonds. The third-order valence-corrected chi connectivity index (χ3v) is 3.42. The largest absolute Gasteiger partial charge is 0.467 e. The van der Waals surface area contributed by atoms with Crippen molar-refractivity contribution in [2.45, 2.75) is 6.54 Å². The van der Waals surface area contributed by atoms with Gasteiger partial charge in [0.1, 0.15) is 5.76 Å². The summed E-state index contributed by atoms with van der Waals surface area (Å²) in [5.41, 5.74) is 7.82. The highest BCUT2D eigenvalue weighted by Crippen LogP contribution is 2.34. The lowest BCUT2D eigenvalue weighted by Gasteiger charge is -2.07. The van der Waals surface area contributed by atoms with Crippen LogP contribution in [0.1, 0.15) is 5.76 Å². The molecule has 0 saturated heterocycles. The summed E-state index contributed by atoms with van der Waals surface area (Å²) in [5.74, 6) is 0.794. The zero-order valence-electron chi connectivity index (χ0n) is 9.69. The molecule has 0 aliphatic rings. The number of hydrogen-bond donors (Lipinski definition) is 1. The minimum Gasteiger partial charge on any atom is -0.467 e. The Hall–Kier alpha value is -1.77. The number of furan rings is 1. The monoisotopic (exact) mass is 257 g/mol. The summed E-state index contributed by atoms with van der Waals surface area (Å²) < 4.78 is 5.39. The average Bonchev–Trinajstić information content (AvgIpc) is 2.88. The molecule has 0 unspecified atom stereocenters. The van der Waals surface area contributed by atoms with Crippen LogP contribution in [0, 0.1) is 0 Å². The Balaban J connectivity index is 2.34. The van der Waals surface area contributed by atoms with Crippen molar-refractivity contribution in [1.29, 1.82) is 0 Å². The quantitative estimate of drug-likeness (QED) is 0.747. The van der Waals surface area contributed by atoms with Gasteiger partial charge in [-0.05, 0) is 23.1 Å². The first-order valence-electron chi connectivity index (χ1n) is 5.75. The molecule has 3 rings (SSSR count). The number of halogens is 1. The molecule has 0 atom stereocenters. The van der Waals surface area contributed by atoms with E-state index in [1.165, 1.54) is 0 Å². The molecule has 18 heavy (non-hydrogen) atoms. The minimum absolute atomic E-state index is 0.388. The summed E-state index contributed by atoms with van der Waals surface area (Å²) in [4.78, 5) is 0. The first-order valence-corrected chi connectivity index (χ1v) is 6.13. The molecule has 0 spiro atoms. The summed E-state index contributed by atoms with van der Waals surface area (Å²) in [6, 6.07) is 13.9. The van der Waals surface area contributed by atoms with Gasteiger partial charge in [-0.1, -0.05) is 41.9 Å². The SMILES string of the molecule is NCc1occc1-c1ccc(Cl)c2ccccc12. The van der Waals surface area contributed by atoms with Crippen molar-refractivity contribution >= 4 is 22.4 Å². The highest BCUT2D eigenvalue weighted by atomic mass is 35.5. The number of benzene rings is 2. The maximum absolute atomic E-state index is 6.22. The molecule has 0 aliphatic heterocycles. The van der Waals surface area contributed by atoms with E-state index in [1.807, 2.05) is 36.4 Å². The van der Waals surface area contributed by atoms with E-state index in [0.717, 1.165) is 32.7 Å². The Labute approximate surface area is 110 Å². The Kier molecular flexibility index (Phi) is 2.82.